The second-order valence-electron chi connectivity index (χ2n) is 4.36. The lowest BCUT2D eigenvalue weighted by Gasteiger charge is -2.14. The summed E-state index contributed by atoms with van der Waals surface area (Å²) in [6, 6.07) is 5.43. The molecule has 0 unspecified atom stereocenters. The number of ketones is 1. The van der Waals surface area contributed by atoms with Crippen molar-refractivity contribution in [2.45, 2.75) is 19.3 Å². The van der Waals surface area contributed by atoms with Crippen LogP contribution in [0.5, 0.6) is 0 Å². The molecule has 1 aliphatic carbocycles. The molecule has 0 saturated heterocycles. The van der Waals surface area contributed by atoms with Gasteiger partial charge < -0.3 is 5.11 Å². The van der Waals surface area contributed by atoms with Crippen LogP contribution in [0, 0.1) is 17.7 Å². The largest absolute Gasteiger partial charge is 0.481 e. The van der Waals surface area contributed by atoms with Gasteiger partial charge in [0, 0.05) is 11.5 Å². The fraction of sp³-hybridized carbons (Fsp3) is 0.385. The number of hydrogen-bond acceptors (Lipinski definition) is 2. The van der Waals surface area contributed by atoms with Crippen LogP contribution in [0.1, 0.15) is 29.6 Å². The summed E-state index contributed by atoms with van der Waals surface area (Å²) in [5, 5.41) is 9.01. The van der Waals surface area contributed by atoms with Crippen LogP contribution in [0.15, 0.2) is 24.3 Å². The highest BCUT2D eigenvalue weighted by Gasteiger charge is 2.37. The molecule has 4 heteroatoms. The predicted octanol–water partition coefficient (Wildman–Crippen LogP) is 2.51. The first-order valence-electron chi connectivity index (χ1n) is 5.62. The number of aliphatic carboxylic acids is 1. The lowest BCUT2D eigenvalue weighted by atomic mass is 9.88. The van der Waals surface area contributed by atoms with Gasteiger partial charge >= 0.3 is 5.97 Å². The van der Waals surface area contributed by atoms with E-state index < -0.39 is 23.6 Å². The van der Waals surface area contributed by atoms with E-state index in [0.717, 1.165) is 6.42 Å². The molecule has 1 saturated carbocycles. The average Bonchev–Trinajstić information content (AvgIpc) is 2.77. The highest BCUT2D eigenvalue weighted by molar-refractivity contribution is 6.00. The maximum absolute atomic E-state index is 13.0. The van der Waals surface area contributed by atoms with Crippen LogP contribution in [0.2, 0.25) is 0 Å². The molecule has 1 aromatic rings. The Kier molecular flexibility index (Phi) is 3.22. The molecule has 1 aliphatic rings. The van der Waals surface area contributed by atoms with Crippen LogP contribution in [0.25, 0.3) is 0 Å². The van der Waals surface area contributed by atoms with Crippen molar-refractivity contribution in [2.24, 2.45) is 11.8 Å². The summed E-state index contributed by atoms with van der Waals surface area (Å²) in [6.07, 6.45) is 1.84. The van der Waals surface area contributed by atoms with E-state index in [4.69, 9.17) is 5.11 Å². The minimum absolute atomic E-state index is 0.255. The highest BCUT2D eigenvalue weighted by Crippen LogP contribution is 2.34. The lowest BCUT2D eigenvalue weighted by molar-refractivity contribution is -0.142. The summed E-state index contributed by atoms with van der Waals surface area (Å²) < 4.78 is 13.0. The molecule has 0 amide bonds. The molecule has 17 heavy (non-hydrogen) atoms. The van der Waals surface area contributed by atoms with Crippen molar-refractivity contribution in [2.75, 3.05) is 0 Å². The third-order valence-corrected chi connectivity index (χ3v) is 3.28. The Balaban J connectivity index is 2.23. The minimum atomic E-state index is -0.933. The van der Waals surface area contributed by atoms with Gasteiger partial charge in [-0.25, -0.2) is 4.39 Å². The maximum atomic E-state index is 13.0. The van der Waals surface area contributed by atoms with Gasteiger partial charge in [0.2, 0.25) is 0 Å². The SMILES string of the molecule is O=C(O)[C@@H]1CCC[C@H]1C(=O)c1cccc(F)c1. The predicted molar refractivity (Wildman–Crippen MR) is 59.2 cm³/mol. The third kappa shape index (κ3) is 2.35. The molecular formula is C13H13FO3. The first kappa shape index (κ1) is 11.8. The molecule has 0 radical (unpaired) electrons. The number of halogens is 1. The molecule has 2 atom stereocenters. The minimum Gasteiger partial charge on any atom is -0.481 e. The zero-order chi connectivity index (χ0) is 12.4. The summed E-state index contributed by atoms with van der Waals surface area (Å²) in [7, 11) is 0. The van der Waals surface area contributed by atoms with E-state index in [9.17, 15) is 14.0 Å². The molecule has 0 aromatic heterocycles. The summed E-state index contributed by atoms with van der Waals surface area (Å²) in [5.41, 5.74) is 0.267. The fourth-order valence-electron chi connectivity index (χ4n) is 2.43. The second kappa shape index (κ2) is 4.65. The molecule has 1 fully saturated rings. The molecule has 1 aromatic carbocycles. The van der Waals surface area contributed by atoms with Gasteiger partial charge in [-0.3, -0.25) is 9.59 Å². The normalized spacial score (nSPS) is 23.6. The van der Waals surface area contributed by atoms with E-state index in [1.807, 2.05) is 0 Å². The number of carboxylic acids is 1. The molecule has 3 nitrogen and oxygen atoms in total. The van der Waals surface area contributed by atoms with Crippen LogP contribution >= 0.6 is 0 Å². The van der Waals surface area contributed by atoms with Gasteiger partial charge in [-0.15, -0.1) is 0 Å². The quantitative estimate of drug-likeness (QED) is 0.820. The van der Waals surface area contributed by atoms with E-state index in [2.05, 4.69) is 0 Å². The van der Waals surface area contributed by atoms with Crippen LogP contribution in [-0.4, -0.2) is 16.9 Å². The van der Waals surface area contributed by atoms with Crippen molar-refractivity contribution in [1.29, 1.82) is 0 Å². The monoisotopic (exact) mass is 236 g/mol. The van der Waals surface area contributed by atoms with Gasteiger partial charge in [0.1, 0.15) is 5.82 Å². The van der Waals surface area contributed by atoms with E-state index in [0.29, 0.717) is 12.8 Å². The molecule has 0 heterocycles. The molecule has 2 rings (SSSR count). The van der Waals surface area contributed by atoms with Crippen molar-refractivity contribution in [3.8, 4) is 0 Å². The van der Waals surface area contributed by atoms with Crippen molar-refractivity contribution in [1.82, 2.24) is 0 Å². The molecule has 1 N–H and O–H groups in total. The number of benzene rings is 1. The summed E-state index contributed by atoms with van der Waals surface area (Å²) in [5.74, 6) is -2.78. The number of Topliss-reactive ketones (excluding diaryl/α,β-unsaturated/α-hetero) is 1. The fourth-order valence-corrected chi connectivity index (χ4v) is 2.43. The topological polar surface area (TPSA) is 54.4 Å². The number of rotatable bonds is 3. The van der Waals surface area contributed by atoms with Crippen LogP contribution in [0.4, 0.5) is 4.39 Å². The molecule has 0 aliphatic heterocycles. The number of carbonyl (C=O) groups is 2. The Morgan fingerprint density at radius 3 is 2.59 bits per heavy atom. The Morgan fingerprint density at radius 2 is 1.94 bits per heavy atom. The van der Waals surface area contributed by atoms with Gasteiger partial charge in [0.25, 0.3) is 0 Å². The summed E-state index contributed by atoms with van der Waals surface area (Å²) in [4.78, 5) is 23.1. The standard InChI is InChI=1S/C13H13FO3/c14-9-4-1-3-8(7-9)12(15)10-5-2-6-11(10)13(16)17/h1,3-4,7,10-11H,2,5-6H2,(H,16,17)/t10-,11-/m1/s1. The third-order valence-electron chi connectivity index (χ3n) is 3.28. The van der Waals surface area contributed by atoms with E-state index >= 15 is 0 Å². The molecule has 0 spiro atoms. The maximum Gasteiger partial charge on any atom is 0.307 e. The van der Waals surface area contributed by atoms with Crippen molar-refractivity contribution < 1.29 is 19.1 Å². The molecule has 0 bridgehead atoms. The van der Waals surface area contributed by atoms with Crippen LogP contribution < -0.4 is 0 Å². The van der Waals surface area contributed by atoms with Crippen LogP contribution in [-0.2, 0) is 4.79 Å². The van der Waals surface area contributed by atoms with Gasteiger partial charge in [-0.2, -0.15) is 0 Å². The molecular weight excluding hydrogens is 223 g/mol. The van der Waals surface area contributed by atoms with Gasteiger partial charge in [-0.05, 0) is 25.0 Å². The van der Waals surface area contributed by atoms with Crippen molar-refractivity contribution in [3.63, 3.8) is 0 Å². The van der Waals surface area contributed by atoms with Gasteiger partial charge in [0.05, 0.1) is 5.92 Å². The highest BCUT2D eigenvalue weighted by atomic mass is 19.1. The second-order valence-corrected chi connectivity index (χ2v) is 4.36. The summed E-state index contributed by atoms with van der Waals surface area (Å²) in [6.45, 7) is 0. The Hall–Kier alpha value is -1.71. The zero-order valence-corrected chi connectivity index (χ0v) is 9.23. The summed E-state index contributed by atoms with van der Waals surface area (Å²) >= 11 is 0. The van der Waals surface area contributed by atoms with E-state index in [1.54, 1.807) is 0 Å². The Labute approximate surface area is 98.3 Å². The Morgan fingerprint density at radius 1 is 1.24 bits per heavy atom. The Bertz CT molecular complexity index is 456. The van der Waals surface area contributed by atoms with Crippen molar-refractivity contribution >= 4 is 11.8 Å². The average molecular weight is 236 g/mol. The smallest absolute Gasteiger partial charge is 0.307 e. The van der Waals surface area contributed by atoms with Crippen LogP contribution in [0.3, 0.4) is 0 Å². The lowest BCUT2D eigenvalue weighted by Crippen LogP contribution is -2.25. The van der Waals surface area contributed by atoms with Gasteiger partial charge in [-0.1, -0.05) is 18.6 Å². The number of hydrogen-bond donors (Lipinski definition) is 1. The number of carboxylic acid groups (broad SMARTS) is 1. The van der Waals surface area contributed by atoms with Crippen molar-refractivity contribution in [3.05, 3.63) is 35.6 Å². The first-order valence-corrected chi connectivity index (χ1v) is 5.62. The molecule has 90 valence electrons. The first-order chi connectivity index (χ1) is 8.09. The van der Waals surface area contributed by atoms with E-state index in [1.165, 1.54) is 24.3 Å². The zero-order valence-electron chi connectivity index (χ0n) is 9.23. The number of carbonyl (C=O) groups excluding carboxylic acids is 1. The van der Waals surface area contributed by atoms with E-state index in [-0.39, 0.29) is 11.3 Å². The van der Waals surface area contributed by atoms with Gasteiger partial charge in [0.15, 0.2) is 5.78 Å².